The fourth-order valence-corrected chi connectivity index (χ4v) is 2.28. The van der Waals surface area contributed by atoms with Crippen LogP contribution < -0.4 is 10.1 Å². The highest BCUT2D eigenvalue weighted by Crippen LogP contribution is 2.39. The molecule has 0 radical (unpaired) electrons. The van der Waals surface area contributed by atoms with Gasteiger partial charge >= 0.3 is 5.97 Å². The van der Waals surface area contributed by atoms with Crippen LogP contribution >= 0.6 is 0 Å². The lowest BCUT2D eigenvalue weighted by atomic mass is 9.70. The number of benzene rings is 1. The summed E-state index contributed by atoms with van der Waals surface area (Å²) in [6, 6.07) is 6.49. The molecule has 1 fully saturated rings. The van der Waals surface area contributed by atoms with E-state index in [1.54, 1.807) is 24.3 Å². The Bertz CT molecular complexity index is 424. The van der Waals surface area contributed by atoms with Crippen LogP contribution in [0.15, 0.2) is 24.3 Å². The van der Waals surface area contributed by atoms with E-state index in [0.29, 0.717) is 17.8 Å². The number of ether oxygens (including phenoxy) is 1. The van der Waals surface area contributed by atoms with Gasteiger partial charge in [0.15, 0.2) is 0 Å². The van der Waals surface area contributed by atoms with E-state index in [1.807, 2.05) is 0 Å². The summed E-state index contributed by atoms with van der Waals surface area (Å²) < 4.78 is 5.55. The van der Waals surface area contributed by atoms with Crippen molar-refractivity contribution < 1.29 is 14.6 Å². The minimum atomic E-state index is -0.915. The first-order chi connectivity index (χ1) is 9.09. The van der Waals surface area contributed by atoms with Gasteiger partial charge in [0.1, 0.15) is 12.4 Å². The van der Waals surface area contributed by atoms with Crippen molar-refractivity contribution in [3.05, 3.63) is 29.8 Å². The first-order valence-electron chi connectivity index (χ1n) is 6.76. The highest BCUT2D eigenvalue weighted by atomic mass is 16.5. The van der Waals surface area contributed by atoms with Gasteiger partial charge in [0.2, 0.25) is 0 Å². The summed E-state index contributed by atoms with van der Waals surface area (Å²) in [6.07, 6.45) is 3.99. The fraction of sp³-hybridized carbons (Fsp3) is 0.533. The van der Waals surface area contributed by atoms with Crippen LogP contribution in [0.1, 0.15) is 36.5 Å². The third-order valence-electron chi connectivity index (χ3n) is 3.76. The van der Waals surface area contributed by atoms with Crippen LogP contribution in [0.5, 0.6) is 5.75 Å². The van der Waals surface area contributed by atoms with Crippen molar-refractivity contribution >= 4 is 5.97 Å². The Morgan fingerprint density at radius 1 is 1.37 bits per heavy atom. The zero-order valence-electron chi connectivity index (χ0n) is 11.3. The highest BCUT2D eigenvalue weighted by Gasteiger charge is 2.30. The van der Waals surface area contributed by atoms with E-state index in [0.717, 1.165) is 13.1 Å². The Kier molecular flexibility index (Phi) is 4.43. The van der Waals surface area contributed by atoms with Gasteiger partial charge in [-0.25, -0.2) is 4.79 Å². The quantitative estimate of drug-likeness (QED) is 0.742. The van der Waals surface area contributed by atoms with Crippen molar-refractivity contribution in [2.75, 3.05) is 19.7 Å². The van der Waals surface area contributed by atoms with Gasteiger partial charge in [0, 0.05) is 13.1 Å². The van der Waals surface area contributed by atoms with E-state index in [4.69, 9.17) is 9.84 Å². The van der Waals surface area contributed by atoms with Crippen LogP contribution in [0.4, 0.5) is 0 Å². The first-order valence-corrected chi connectivity index (χ1v) is 6.76. The molecule has 0 aliphatic heterocycles. The van der Waals surface area contributed by atoms with Crippen molar-refractivity contribution in [1.29, 1.82) is 0 Å². The van der Waals surface area contributed by atoms with E-state index in [-0.39, 0.29) is 5.56 Å². The summed E-state index contributed by atoms with van der Waals surface area (Å²) in [5.74, 6) is -0.205. The van der Waals surface area contributed by atoms with Gasteiger partial charge in [-0.15, -0.1) is 0 Å². The number of nitrogens with one attached hydrogen (secondary N) is 1. The van der Waals surface area contributed by atoms with Gasteiger partial charge in [-0.2, -0.15) is 0 Å². The van der Waals surface area contributed by atoms with E-state index in [2.05, 4.69) is 12.2 Å². The molecule has 0 amide bonds. The smallest absolute Gasteiger partial charge is 0.335 e. The number of carboxylic acid groups (broad SMARTS) is 1. The van der Waals surface area contributed by atoms with Crippen LogP contribution in [0.25, 0.3) is 0 Å². The summed E-state index contributed by atoms with van der Waals surface area (Å²) in [7, 11) is 0. The molecule has 0 saturated heterocycles. The molecule has 104 valence electrons. The molecular weight excluding hydrogens is 242 g/mol. The molecule has 1 saturated carbocycles. The molecule has 19 heavy (non-hydrogen) atoms. The van der Waals surface area contributed by atoms with Gasteiger partial charge in [-0.05, 0) is 42.5 Å². The molecule has 4 heteroatoms. The maximum absolute atomic E-state index is 10.7. The molecule has 0 bridgehead atoms. The fourth-order valence-electron chi connectivity index (χ4n) is 2.28. The average molecular weight is 263 g/mol. The molecular formula is C15H21NO3. The molecule has 2 rings (SSSR count). The Labute approximate surface area is 113 Å². The number of hydrogen-bond donors (Lipinski definition) is 2. The molecule has 1 aliphatic rings. The summed E-state index contributed by atoms with van der Waals surface area (Å²) in [4.78, 5) is 10.7. The highest BCUT2D eigenvalue weighted by molar-refractivity contribution is 5.87. The topological polar surface area (TPSA) is 58.6 Å². The summed E-state index contributed by atoms with van der Waals surface area (Å²) >= 11 is 0. The lowest BCUT2D eigenvalue weighted by Crippen LogP contribution is -2.38. The summed E-state index contributed by atoms with van der Waals surface area (Å²) in [6.45, 7) is 4.78. The molecule has 4 nitrogen and oxygen atoms in total. The molecule has 0 atom stereocenters. The van der Waals surface area contributed by atoms with Crippen molar-refractivity contribution in [2.24, 2.45) is 5.41 Å². The van der Waals surface area contributed by atoms with Gasteiger partial charge in [-0.3, -0.25) is 0 Å². The van der Waals surface area contributed by atoms with Crippen LogP contribution in [-0.2, 0) is 0 Å². The minimum Gasteiger partial charge on any atom is -0.492 e. The molecule has 1 aromatic rings. The SMILES string of the molecule is CC1(CNCCOc2ccc(C(=O)O)cc2)CCC1. The van der Waals surface area contributed by atoms with E-state index in [1.165, 1.54) is 19.3 Å². The second kappa shape index (κ2) is 6.06. The van der Waals surface area contributed by atoms with Crippen molar-refractivity contribution in [3.63, 3.8) is 0 Å². The molecule has 2 N–H and O–H groups in total. The number of hydrogen-bond acceptors (Lipinski definition) is 3. The van der Waals surface area contributed by atoms with Crippen LogP contribution in [0.2, 0.25) is 0 Å². The maximum Gasteiger partial charge on any atom is 0.335 e. The maximum atomic E-state index is 10.7. The first kappa shape index (κ1) is 13.9. The zero-order chi connectivity index (χ0) is 13.7. The third kappa shape index (κ3) is 3.96. The van der Waals surface area contributed by atoms with Crippen LogP contribution in [0, 0.1) is 5.41 Å². The standard InChI is InChI=1S/C15H21NO3/c1-15(7-2-8-15)11-16-9-10-19-13-5-3-12(4-6-13)14(17)18/h3-6,16H,2,7-11H2,1H3,(H,17,18). The zero-order valence-corrected chi connectivity index (χ0v) is 11.3. The van der Waals surface area contributed by atoms with Gasteiger partial charge in [0.25, 0.3) is 0 Å². The number of rotatable bonds is 7. The summed E-state index contributed by atoms with van der Waals surface area (Å²) in [5, 5.41) is 12.2. The summed E-state index contributed by atoms with van der Waals surface area (Å²) in [5.41, 5.74) is 0.770. The van der Waals surface area contributed by atoms with Gasteiger partial charge in [0.05, 0.1) is 5.56 Å². The van der Waals surface area contributed by atoms with E-state index in [9.17, 15) is 4.79 Å². The second-order valence-electron chi connectivity index (χ2n) is 5.52. The Morgan fingerprint density at radius 2 is 2.05 bits per heavy atom. The van der Waals surface area contributed by atoms with Crippen molar-refractivity contribution in [3.8, 4) is 5.75 Å². The van der Waals surface area contributed by atoms with Crippen molar-refractivity contribution in [1.82, 2.24) is 5.32 Å². The largest absolute Gasteiger partial charge is 0.492 e. The minimum absolute atomic E-state index is 0.281. The average Bonchev–Trinajstić information content (AvgIpc) is 2.37. The molecule has 0 aromatic heterocycles. The Balaban J connectivity index is 1.63. The van der Waals surface area contributed by atoms with Crippen molar-refractivity contribution in [2.45, 2.75) is 26.2 Å². The van der Waals surface area contributed by atoms with Crippen LogP contribution in [0.3, 0.4) is 0 Å². The Morgan fingerprint density at radius 3 is 2.58 bits per heavy atom. The van der Waals surface area contributed by atoms with Crippen LogP contribution in [-0.4, -0.2) is 30.8 Å². The molecule has 0 heterocycles. The number of carboxylic acids is 1. The number of carbonyl (C=O) groups is 1. The van der Waals surface area contributed by atoms with E-state index < -0.39 is 5.97 Å². The predicted molar refractivity (Wildman–Crippen MR) is 73.7 cm³/mol. The molecule has 0 spiro atoms. The Hall–Kier alpha value is -1.55. The van der Waals surface area contributed by atoms with E-state index >= 15 is 0 Å². The third-order valence-corrected chi connectivity index (χ3v) is 3.76. The normalized spacial score (nSPS) is 16.7. The molecule has 1 aliphatic carbocycles. The predicted octanol–water partition coefficient (Wildman–Crippen LogP) is 2.54. The molecule has 1 aromatic carbocycles. The second-order valence-corrected chi connectivity index (χ2v) is 5.52. The number of aromatic carboxylic acids is 1. The lowest BCUT2D eigenvalue weighted by Gasteiger charge is -2.38. The lowest BCUT2D eigenvalue weighted by molar-refractivity contribution is 0.0697. The van der Waals surface area contributed by atoms with Gasteiger partial charge < -0.3 is 15.2 Å². The monoisotopic (exact) mass is 263 g/mol. The molecule has 0 unspecified atom stereocenters. The van der Waals surface area contributed by atoms with Gasteiger partial charge in [-0.1, -0.05) is 13.3 Å².